The Balaban J connectivity index is 1.31. The van der Waals surface area contributed by atoms with E-state index in [1.807, 2.05) is 32.0 Å². The van der Waals surface area contributed by atoms with Gasteiger partial charge in [-0.2, -0.15) is 0 Å². The molecule has 0 atom stereocenters. The van der Waals surface area contributed by atoms with Crippen LogP contribution in [0.3, 0.4) is 0 Å². The topological polar surface area (TPSA) is 108 Å². The maximum atomic E-state index is 12.0. The number of methoxy groups -OCH3 is 1. The minimum Gasteiger partial charge on any atom is -0.490 e. The number of hydrogen-bond donors (Lipinski definition) is 1. The molecule has 0 aliphatic carbocycles. The maximum Gasteiger partial charge on any atom is 0.411 e. The molecule has 2 aromatic carbocycles. The summed E-state index contributed by atoms with van der Waals surface area (Å²) in [4.78, 5) is 30.3. The Morgan fingerprint density at radius 2 is 1.89 bits per heavy atom. The number of benzene rings is 2. The number of rotatable bonds is 8. The lowest BCUT2D eigenvalue weighted by Gasteiger charge is -2.09. The summed E-state index contributed by atoms with van der Waals surface area (Å²) in [6.07, 6.45) is 3.58. The fraction of sp³-hybridized carbons (Fsp3) is 0.250. The van der Waals surface area contributed by atoms with Crippen LogP contribution in [-0.4, -0.2) is 46.4 Å². The molecule has 9 nitrogen and oxygen atoms in total. The van der Waals surface area contributed by atoms with Crippen molar-refractivity contribution in [2.75, 3.05) is 25.6 Å². The molecule has 0 saturated heterocycles. The lowest BCUT2D eigenvalue weighted by Crippen LogP contribution is -2.17. The minimum atomic E-state index is -0.541. The molecule has 38 heavy (non-hydrogen) atoms. The van der Waals surface area contributed by atoms with Gasteiger partial charge in [-0.25, -0.2) is 19.7 Å². The summed E-state index contributed by atoms with van der Waals surface area (Å²) < 4.78 is 17.4. The number of amides is 1. The number of aromatic nitrogens is 4. The highest BCUT2D eigenvalue weighted by atomic mass is 32.1. The zero-order chi connectivity index (χ0) is 26.6. The normalized spacial score (nSPS) is 11.1. The number of hydrogen-bond acceptors (Lipinski definition) is 9. The van der Waals surface area contributed by atoms with Crippen LogP contribution in [0.5, 0.6) is 11.6 Å². The summed E-state index contributed by atoms with van der Waals surface area (Å²) in [7, 11) is 1.58. The largest absolute Gasteiger partial charge is 0.490 e. The molecule has 194 valence electrons. The summed E-state index contributed by atoms with van der Waals surface area (Å²) in [6, 6.07) is 11.5. The van der Waals surface area contributed by atoms with Gasteiger partial charge in [-0.05, 0) is 67.8 Å². The van der Waals surface area contributed by atoms with E-state index in [9.17, 15) is 4.79 Å². The summed E-state index contributed by atoms with van der Waals surface area (Å²) in [5, 5.41) is 3.55. The molecule has 0 unspecified atom stereocenters. The van der Waals surface area contributed by atoms with Crippen molar-refractivity contribution in [2.24, 2.45) is 0 Å². The van der Waals surface area contributed by atoms with Gasteiger partial charge in [0.25, 0.3) is 0 Å². The highest BCUT2D eigenvalue weighted by Crippen LogP contribution is 2.37. The van der Waals surface area contributed by atoms with E-state index in [0.29, 0.717) is 17.3 Å². The molecule has 5 rings (SSSR count). The van der Waals surface area contributed by atoms with Crippen molar-refractivity contribution in [3.8, 4) is 22.2 Å². The van der Waals surface area contributed by atoms with Gasteiger partial charge in [0, 0.05) is 23.1 Å². The Labute approximate surface area is 223 Å². The van der Waals surface area contributed by atoms with E-state index in [1.165, 1.54) is 0 Å². The first-order valence-electron chi connectivity index (χ1n) is 12.2. The molecule has 1 amide bonds. The first-order chi connectivity index (χ1) is 18.4. The molecule has 0 fully saturated rings. The molecule has 5 aromatic rings. The van der Waals surface area contributed by atoms with E-state index >= 15 is 0 Å². The fourth-order valence-electron chi connectivity index (χ4n) is 4.07. The molecule has 0 bridgehead atoms. The van der Waals surface area contributed by atoms with Crippen molar-refractivity contribution in [1.29, 1.82) is 0 Å². The van der Waals surface area contributed by atoms with E-state index in [4.69, 9.17) is 19.2 Å². The number of nitrogens with zero attached hydrogens (tertiary/aromatic N) is 4. The van der Waals surface area contributed by atoms with Crippen molar-refractivity contribution in [3.63, 3.8) is 0 Å². The minimum absolute atomic E-state index is 0.110. The molecule has 1 N–H and O–H groups in total. The number of thiazole rings is 1. The molecule has 3 heterocycles. The van der Waals surface area contributed by atoms with Gasteiger partial charge in [-0.1, -0.05) is 6.92 Å². The average molecular weight is 530 g/mol. The number of fused-ring (bicyclic) bond motifs is 2. The molecule has 0 aliphatic rings. The quantitative estimate of drug-likeness (QED) is 0.240. The number of ether oxygens (including phenoxy) is 3. The van der Waals surface area contributed by atoms with Gasteiger partial charge in [-0.3, -0.25) is 10.3 Å². The maximum absolute atomic E-state index is 12.0. The van der Waals surface area contributed by atoms with E-state index in [2.05, 4.69) is 33.3 Å². The van der Waals surface area contributed by atoms with Crippen molar-refractivity contribution in [1.82, 2.24) is 19.9 Å². The lowest BCUT2D eigenvalue weighted by molar-refractivity contribution is 0.138. The second-order valence-electron chi connectivity index (χ2n) is 8.68. The molecule has 0 spiro atoms. The van der Waals surface area contributed by atoms with Crippen LogP contribution >= 0.6 is 11.3 Å². The van der Waals surface area contributed by atoms with Crippen LogP contribution in [0.1, 0.15) is 23.7 Å². The summed E-state index contributed by atoms with van der Waals surface area (Å²) in [6.45, 7) is 6.30. The lowest BCUT2D eigenvalue weighted by atomic mass is 10.1. The average Bonchev–Trinajstić information content (AvgIpc) is 3.35. The Bertz CT molecular complexity index is 1630. The monoisotopic (exact) mass is 529 g/mol. The third-order valence-electron chi connectivity index (χ3n) is 5.92. The van der Waals surface area contributed by atoms with Gasteiger partial charge in [0.15, 0.2) is 0 Å². The summed E-state index contributed by atoms with van der Waals surface area (Å²) in [5.41, 5.74) is 7.01. The van der Waals surface area contributed by atoms with Gasteiger partial charge >= 0.3 is 6.09 Å². The molecule has 3 aromatic heterocycles. The standard InChI is InChI=1S/C28H27N5O4S/c1-5-18-12-21(26-22(13-18)32-24(35-4)15-30-26)27-33-25-16(2)10-20(14-23(25)38-27)36-8-9-37-28(34)31-19-6-7-29-17(3)11-19/h6-7,10-15H,5,8-9H2,1-4H3,(H,29,31,34). The number of anilines is 1. The van der Waals surface area contributed by atoms with Crippen molar-refractivity contribution >= 4 is 44.4 Å². The second-order valence-corrected chi connectivity index (χ2v) is 9.71. The highest BCUT2D eigenvalue weighted by Gasteiger charge is 2.16. The van der Waals surface area contributed by atoms with E-state index < -0.39 is 6.09 Å². The molecule has 0 saturated carbocycles. The van der Waals surface area contributed by atoms with Crippen LogP contribution in [-0.2, 0) is 11.2 Å². The third kappa shape index (κ3) is 5.50. The van der Waals surface area contributed by atoms with Crippen LogP contribution in [0.25, 0.3) is 31.8 Å². The van der Waals surface area contributed by atoms with E-state index in [1.54, 1.807) is 43.0 Å². The summed E-state index contributed by atoms with van der Waals surface area (Å²) >= 11 is 1.58. The molecule has 0 aliphatic heterocycles. The SMILES string of the molecule is CCc1cc(-c2nc3c(C)cc(OCCOC(=O)Nc4ccnc(C)c4)cc3s2)c2ncc(OC)nc2c1. The smallest absolute Gasteiger partial charge is 0.411 e. The van der Waals surface area contributed by atoms with Crippen LogP contribution < -0.4 is 14.8 Å². The molecule has 10 heteroatoms. The van der Waals surface area contributed by atoms with E-state index in [-0.39, 0.29) is 13.2 Å². The first-order valence-corrected chi connectivity index (χ1v) is 13.0. The second kappa shape index (κ2) is 11.0. The Morgan fingerprint density at radius 1 is 1.03 bits per heavy atom. The van der Waals surface area contributed by atoms with Crippen LogP contribution in [0.15, 0.2) is 48.8 Å². The molecular weight excluding hydrogens is 502 g/mol. The third-order valence-corrected chi connectivity index (χ3v) is 6.96. The van der Waals surface area contributed by atoms with Crippen LogP contribution in [0.2, 0.25) is 0 Å². The van der Waals surface area contributed by atoms with E-state index in [0.717, 1.165) is 55.1 Å². The van der Waals surface area contributed by atoms with Gasteiger partial charge in [-0.15, -0.1) is 11.3 Å². The fourth-order valence-corrected chi connectivity index (χ4v) is 5.15. The first kappa shape index (κ1) is 25.3. The van der Waals surface area contributed by atoms with Gasteiger partial charge in [0.2, 0.25) is 5.88 Å². The number of carbonyl (C=O) groups excluding carboxylic acids is 1. The van der Waals surface area contributed by atoms with Crippen LogP contribution in [0, 0.1) is 13.8 Å². The Kier molecular flexibility index (Phi) is 7.32. The summed E-state index contributed by atoms with van der Waals surface area (Å²) in [5.74, 6) is 1.17. The van der Waals surface area contributed by atoms with Gasteiger partial charge in [0.05, 0.1) is 34.6 Å². The van der Waals surface area contributed by atoms with Crippen LogP contribution in [0.4, 0.5) is 10.5 Å². The number of nitrogens with one attached hydrogen (secondary N) is 1. The predicted octanol–water partition coefficient (Wildman–Crippen LogP) is 6.12. The van der Waals surface area contributed by atoms with Crippen molar-refractivity contribution in [2.45, 2.75) is 27.2 Å². The van der Waals surface area contributed by atoms with Gasteiger partial charge < -0.3 is 14.2 Å². The number of pyridine rings is 1. The Hall–Kier alpha value is -4.31. The molecular formula is C28H27N5O4S. The zero-order valence-corrected chi connectivity index (χ0v) is 22.4. The molecule has 0 radical (unpaired) electrons. The van der Waals surface area contributed by atoms with Crippen molar-refractivity contribution < 1.29 is 19.0 Å². The number of carbonyl (C=O) groups is 1. The zero-order valence-electron chi connectivity index (χ0n) is 21.6. The predicted molar refractivity (Wildman–Crippen MR) is 148 cm³/mol. The highest BCUT2D eigenvalue weighted by molar-refractivity contribution is 7.21. The number of aryl methyl sites for hydroxylation is 3. The Morgan fingerprint density at radius 3 is 2.68 bits per heavy atom. The van der Waals surface area contributed by atoms with Gasteiger partial charge in [0.1, 0.15) is 24.0 Å². The van der Waals surface area contributed by atoms with Crippen molar-refractivity contribution in [3.05, 3.63) is 65.6 Å².